The van der Waals surface area contributed by atoms with Crippen LogP contribution in [-0.4, -0.2) is 18.8 Å². The molecule has 19 heavy (non-hydrogen) atoms. The van der Waals surface area contributed by atoms with Crippen molar-refractivity contribution in [2.45, 2.75) is 45.9 Å². The molecule has 2 rings (SSSR count). The third kappa shape index (κ3) is 2.93. The minimum atomic E-state index is -0.324. The Hall–Kier alpha value is -0.640. The molecule has 1 aromatic rings. The van der Waals surface area contributed by atoms with Gasteiger partial charge in [-0.2, -0.15) is 0 Å². The number of hydrogen-bond acceptors (Lipinski definition) is 2. The first kappa shape index (κ1) is 14.8. The number of hydrogen-bond donors (Lipinski definition) is 1. The van der Waals surface area contributed by atoms with E-state index in [1.165, 1.54) is 0 Å². The van der Waals surface area contributed by atoms with Crippen LogP contribution in [0.4, 0.5) is 4.39 Å². The van der Waals surface area contributed by atoms with Gasteiger partial charge >= 0.3 is 0 Å². The van der Waals surface area contributed by atoms with Crippen molar-refractivity contribution in [1.29, 1.82) is 0 Å². The van der Waals surface area contributed by atoms with Gasteiger partial charge in [0.25, 0.3) is 0 Å². The molecule has 4 heteroatoms. The molecule has 2 nitrogen and oxygen atoms in total. The van der Waals surface area contributed by atoms with E-state index in [-0.39, 0.29) is 16.3 Å². The van der Waals surface area contributed by atoms with Crippen molar-refractivity contribution in [2.75, 3.05) is 6.61 Å². The molecule has 1 aliphatic carbocycles. The molecule has 0 aromatic heterocycles. The summed E-state index contributed by atoms with van der Waals surface area (Å²) in [6.07, 6.45) is 1.27. The fourth-order valence-electron chi connectivity index (χ4n) is 2.63. The van der Waals surface area contributed by atoms with E-state index in [0.717, 1.165) is 13.0 Å². The highest BCUT2D eigenvalue weighted by atomic mass is 35.5. The molecule has 0 bridgehead atoms. The summed E-state index contributed by atoms with van der Waals surface area (Å²) in [6, 6.07) is 5.46. The van der Waals surface area contributed by atoms with Crippen LogP contribution in [0.5, 0.6) is 0 Å². The fourth-order valence-corrected chi connectivity index (χ4v) is 2.83. The predicted octanol–water partition coefficient (Wildman–Crippen LogP) is 3.77. The highest BCUT2D eigenvalue weighted by molar-refractivity contribution is 6.30. The summed E-state index contributed by atoms with van der Waals surface area (Å²) >= 11 is 5.77. The molecule has 2 unspecified atom stereocenters. The van der Waals surface area contributed by atoms with Crippen LogP contribution in [0, 0.1) is 11.2 Å². The lowest BCUT2D eigenvalue weighted by molar-refractivity contribution is -0.114. The molecular weight excluding hydrogens is 265 g/mol. The van der Waals surface area contributed by atoms with Gasteiger partial charge in [0.05, 0.1) is 11.1 Å². The Balaban J connectivity index is 1.92. The zero-order chi connectivity index (χ0) is 14.0. The quantitative estimate of drug-likeness (QED) is 0.889. The monoisotopic (exact) mass is 285 g/mol. The van der Waals surface area contributed by atoms with Gasteiger partial charge in [-0.05, 0) is 19.4 Å². The topological polar surface area (TPSA) is 21.3 Å². The predicted molar refractivity (Wildman–Crippen MR) is 75.8 cm³/mol. The summed E-state index contributed by atoms with van der Waals surface area (Å²) in [5, 5.41) is 3.58. The molecule has 0 heterocycles. The second-order valence-corrected chi connectivity index (χ2v) is 6.05. The molecule has 1 aliphatic rings. The van der Waals surface area contributed by atoms with Gasteiger partial charge in [-0.3, -0.25) is 0 Å². The summed E-state index contributed by atoms with van der Waals surface area (Å²) in [6.45, 7) is 7.62. The lowest BCUT2D eigenvalue weighted by atomic mass is 9.64. The zero-order valence-corrected chi connectivity index (χ0v) is 12.4. The van der Waals surface area contributed by atoms with Crippen molar-refractivity contribution in [1.82, 2.24) is 5.32 Å². The minimum absolute atomic E-state index is 0.0884. The average molecular weight is 286 g/mol. The third-order valence-corrected chi connectivity index (χ3v) is 4.41. The van der Waals surface area contributed by atoms with Gasteiger partial charge in [0.15, 0.2) is 0 Å². The van der Waals surface area contributed by atoms with Gasteiger partial charge < -0.3 is 10.1 Å². The molecule has 0 radical (unpaired) electrons. The van der Waals surface area contributed by atoms with Crippen LogP contribution in [0.15, 0.2) is 18.2 Å². The van der Waals surface area contributed by atoms with Crippen LogP contribution in [0.3, 0.4) is 0 Å². The molecule has 2 atom stereocenters. The molecule has 1 fully saturated rings. The molecular formula is C15H21ClFNO. The number of rotatable bonds is 5. The summed E-state index contributed by atoms with van der Waals surface area (Å²) < 4.78 is 19.5. The van der Waals surface area contributed by atoms with E-state index in [0.29, 0.717) is 24.3 Å². The van der Waals surface area contributed by atoms with Crippen molar-refractivity contribution in [3.63, 3.8) is 0 Å². The lowest BCUT2D eigenvalue weighted by Gasteiger charge is -2.52. The highest BCUT2D eigenvalue weighted by Gasteiger charge is 2.48. The van der Waals surface area contributed by atoms with Crippen LogP contribution in [-0.2, 0) is 11.3 Å². The van der Waals surface area contributed by atoms with E-state index < -0.39 is 0 Å². The number of ether oxygens (including phenoxy) is 1. The van der Waals surface area contributed by atoms with Gasteiger partial charge in [-0.15, -0.1) is 0 Å². The first-order chi connectivity index (χ1) is 8.96. The fraction of sp³-hybridized carbons (Fsp3) is 0.600. The Morgan fingerprint density at radius 1 is 1.47 bits per heavy atom. The van der Waals surface area contributed by atoms with Crippen LogP contribution in [0.1, 0.15) is 32.8 Å². The second kappa shape index (κ2) is 5.78. The van der Waals surface area contributed by atoms with E-state index >= 15 is 0 Å². The van der Waals surface area contributed by atoms with Crippen molar-refractivity contribution in [3.8, 4) is 0 Å². The van der Waals surface area contributed by atoms with Crippen LogP contribution < -0.4 is 5.32 Å². The van der Waals surface area contributed by atoms with E-state index in [1.807, 2.05) is 6.92 Å². The summed E-state index contributed by atoms with van der Waals surface area (Å²) in [5.41, 5.74) is 0.702. The number of nitrogens with one attached hydrogen (secondary N) is 1. The van der Waals surface area contributed by atoms with Crippen molar-refractivity contribution < 1.29 is 9.13 Å². The smallest absolute Gasteiger partial charge is 0.146 e. The van der Waals surface area contributed by atoms with Gasteiger partial charge in [0, 0.05) is 30.2 Å². The molecule has 0 saturated heterocycles. The van der Waals surface area contributed by atoms with Crippen LogP contribution >= 0.6 is 11.6 Å². The van der Waals surface area contributed by atoms with E-state index in [1.54, 1.807) is 18.2 Å². The summed E-state index contributed by atoms with van der Waals surface area (Å²) in [7, 11) is 0. The number of benzene rings is 1. The largest absolute Gasteiger partial charge is 0.378 e. The maximum Gasteiger partial charge on any atom is 0.146 e. The maximum absolute atomic E-state index is 13.8. The van der Waals surface area contributed by atoms with Gasteiger partial charge in [-0.25, -0.2) is 4.39 Å². The number of halogens is 2. The Morgan fingerprint density at radius 3 is 2.84 bits per heavy atom. The lowest BCUT2D eigenvalue weighted by Crippen LogP contribution is -2.60. The molecule has 1 saturated carbocycles. The summed E-state index contributed by atoms with van der Waals surface area (Å²) in [4.78, 5) is 0. The maximum atomic E-state index is 13.8. The van der Waals surface area contributed by atoms with Gasteiger partial charge in [0.1, 0.15) is 5.82 Å². The Kier molecular flexibility index (Phi) is 4.49. The minimum Gasteiger partial charge on any atom is -0.378 e. The first-order valence-electron chi connectivity index (χ1n) is 6.74. The molecule has 0 aliphatic heterocycles. The van der Waals surface area contributed by atoms with Gasteiger partial charge in [0.2, 0.25) is 0 Å². The zero-order valence-electron chi connectivity index (χ0n) is 11.7. The Labute approximate surface area is 119 Å². The standard InChI is InChI=1S/C15H21ClFNO/c1-4-19-13-8-12(15(13,2)3)18-9-10-6-5-7-11(16)14(10)17/h5-7,12-13,18H,4,8-9H2,1-3H3. The molecule has 0 amide bonds. The highest BCUT2D eigenvalue weighted by Crippen LogP contribution is 2.42. The van der Waals surface area contributed by atoms with Crippen molar-refractivity contribution >= 4 is 11.6 Å². The Morgan fingerprint density at radius 2 is 2.21 bits per heavy atom. The third-order valence-electron chi connectivity index (χ3n) is 4.12. The molecule has 106 valence electrons. The van der Waals surface area contributed by atoms with Crippen molar-refractivity contribution in [2.24, 2.45) is 5.41 Å². The van der Waals surface area contributed by atoms with E-state index in [2.05, 4.69) is 19.2 Å². The van der Waals surface area contributed by atoms with Gasteiger partial charge in [-0.1, -0.05) is 37.6 Å². The van der Waals surface area contributed by atoms with Crippen molar-refractivity contribution in [3.05, 3.63) is 34.6 Å². The van der Waals surface area contributed by atoms with Crippen LogP contribution in [0.25, 0.3) is 0 Å². The first-order valence-corrected chi connectivity index (χ1v) is 7.12. The van der Waals surface area contributed by atoms with Crippen LogP contribution in [0.2, 0.25) is 5.02 Å². The Bertz CT molecular complexity index is 450. The molecule has 1 aromatic carbocycles. The normalized spacial score (nSPS) is 25.1. The van der Waals surface area contributed by atoms with E-state index in [4.69, 9.17) is 16.3 Å². The average Bonchev–Trinajstić information content (AvgIpc) is 2.37. The molecule has 1 N–H and O–H groups in total. The SMILES string of the molecule is CCOC1CC(NCc2cccc(Cl)c2F)C1(C)C. The van der Waals surface area contributed by atoms with E-state index in [9.17, 15) is 4.39 Å². The molecule has 0 spiro atoms. The second-order valence-electron chi connectivity index (χ2n) is 5.65. The summed E-state index contributed by atoms with van der Waals surface area (Å²) in [5.74, 6) is -0.324.